The summed E-state index contributed by atoms with van der Waals surface area (Å²) in [6, 6.07) is 7.50. The highest BCUT2D eigenvalue weighted by Crippen LogP contribution is 2.57. The first-order valence-corrected chi connectivity index (χ1v) is 20.8. The molecule has 3 aliphatic carbocycles. The van der Waals surface area contributed by atoms with Gasteiger partial charge in [0.1, 0.15) is 17.5 Å². The number of hydrogen-bond acceptors (Lipinski definition) is 11. The van der Waals surface area contributed by atoms with Crippen LogP contribution in [0.4, 0.5) is 19.1 Å². The van der Waals surface area contributed by atoms with Gasteiger partial charge in [0.25, 0.3) is 5.91 Å². The number of oxazole rings is 1. The van der Waals surface area contributed by atoms with E-state index in [2.05, 4.69) is 30.4 Å². The fourth-order valence-corrected chi connectivity index (χ4v) is 9.74. The number of aromatic hydroxyl groups is 1. The fraction of sp³-hybridized carbons (Fsp3) is 0.465. The van der Waals surface area contributed by atoms with Gasteiger partial charge in [-0.1, -0.05) is 6.07 Å². The fourth-order valence-electron chi connectivity index (χ4n) is 9.74. The lowest BCUT2D eigenvalue weighted by Gasteiger charge is -2.52. The Balaban J connectivity index is 0.763. The largest absolute Gasteiger partial charge is 0.503 e. The number of phenols is 1. The Morgan fingerprint density at radius 3 is 2.46 bits per heavy atom. The number of halogens is 3. The third kappa shape index (κ3) is 7.44. The Morgan fingerprint density at radius 1 is 0.967 bits per heavy atom. The number of benzene rings is 2. The Bertz CT molecular complexity index is 2590. The van der Waals surface area contributed by atoms with Gasteiger partial charge in [-0.05, 0) is 99.6 Å². The predicted octanol–water partition coefficient (Wildman–Crippen LogP) is 4.66. The van der Waals surface area contributed by atoms with Crippen molar-refractivity contribution in [1.82, 2.24) is 39.6 Å². The van der Waals surface area contributed by atoms with Crippen molar-refractivity contribution in [1.29, 1.82) is 0 Å². The maximum Gasteiger partial charge on any atom is 0.329 e. The van der Waals surface area contributed by atoms with Crippen LogP contribution in [0.3, 0.4) is 0 Å². The van der Waals surface area contributed by atoms with Crippen molar-refractivity contribution in [3.05, 3.63) is 87.5 Å². The van der Waals surface area contributed by atoms with Crippen LogP contribution in [0.2, 0.25) is 0 Å². The standard InChI is InChI=1S/C43H46F3N9O6/c1-52-31-21-25(4-5-29(31)55(41(52)60)30-6-7-33(56)51-38(30)59)3-2-16-53-17-19-54(20-18-53)40-47-15-8-28(50-40)39-48-23-32(61-39)43-12-9-42(10-13-43,11-14-43)24-49-37(58)26-22-27(44)36(57)35(46)34(26)45/h4-5,8,15,21-23,30,57H,2-3,6-7,9-14,16-20,24H2,1H3,(H,49,58)(H,51,56,59)/t30-,42?,43?/m1/s1. The quantitative estimate of drug-likeness (QED) is 0.124. The van der Waals surface area contributed by atoms with E-state index in [-0.39, 0.29) is 35.4 Å². The number of nitrogens with zero attached hydrogens (tertiary/aromatic N) is 7. The highest BCUT2D eigenvalue weighted by Gasteiger charge is 2.51. The zero-order valence-corrected chi connectivity index (χ0v) is 33.7. The number of piperidine rings is 1. The molecule has 5 fully saturated rings. The van der Waals surface area contributed by atoms with Crippen LogP contribution in [-0.2, 0) is 28.5 Å². The van der Waals surface area contributed by atoms with Gasteiger partial charge in [0.15, 0.2) is 17.4 Å². The molecule has 10 rings (SSSR count). The molecule has 3 aromatic heterocycles. The Hall–Kier alpha value is -6.04. The zero-order chi connectivity index (χ0) is 42.6. The first kappa shape index (κ1) is 40.4. The molecule has 3 amide bonds. The number of amides is 3. The van der Waals surface area contributed by atoms with E-state index in [9.17, 15) is 37.5 Å². The van der Waals surface area contributed by atoms with Crippen LogP contribution in [0.25, 0.3) is 22.6 Å². The van der Waals surface area contributed by atoms with Gasteiger partial charge in [0, 0.05) is 57.8 Å². The minimum atomic E-state index is -1.79. The van der Waals surface area contributed by atoms with Crippen LogP contribution in [0.5, 0.6) is 5.75 Å². The van der Waals surface area contributed by atoms with Gasteiger partial charge >= 0.3 is 5.69 Å². The molecule has 3 saturated carbocycles. The molecule has 2 aromatic carbocycles. The average molecular weight is 842 g/mol. The number of carbonyl (C=O) groups is 3. The minimum absolute atomic E-state index is 0.198. The molecular formula is C43H46F3N9O6. The molecule has 5 aromatic rings. The number of nitrogens with one attached hydrogen (secondary N) is 2. The third-order valence-electron chi connectivity index (χ3n) is 13.6. The molecule has 5 aliphatic rings. The molecule has 18 heteroatoms. The van der Waals surface area contributed by atoms with Crippen LogP contribution in [0.1, 0.15) is 85.5 Å². The summed E-state index contributed by atoms with van der Waals surface area (Å²) in [5.74, 6) is -6.11. The maximum atomic E-state index is 14.3. The first-order chi connectivity index (χ1) is 29.3. The Morgan fingerprint density at radius 2 is 1.72 bits per heavy atom. The molecule has 3 N–H and O–H groups in total. The highest BCUT2D eigenvalue weighted by molar-refractivity contribution is 6.00. The van der Waals surface area contributed by atoms with Crippen molar-refractivity contribution < 1.29 is 37.1 Å². The van der Waals surface area contributed by atoms with Crippen LogP contribution in [0, 0.1) is 22.9 Å². The Kier molecular flexibility index (Phi) is 10.4. The van der Waals surface area contributed by atoms with E-state index in [1.54, 1.807) is 30.1 Å². The molecule has 2 aliphatic heterocycles. The molecule has 320 valence electrons. The van der Waals surface area contributed by atoms with Gasteiger partial charge in [-0.3, -0.25) is 33.7 Å². The van der Waals surface area contributed by atoms with Crippen LogP contribution >= 0.6 is 0 Å². The molecule has 2 saturated heterocycles. The number of imide groups is 1. The van der Waals surface area contributed by atoms with Crippen LogP contribution in [0.15, 0.2) is 51.9 Å². The summed E-state index contributed by atoms with van der Waals surface area (Å²) in [6.07, 6.45) is 10.5. The molecular weight excluding hydrogens is 796 g/mol. The lowest BCUT2D eigenvalue weighted by Crippen LogP contribution is -2.49. The van der Waals surface area contributed by atoms with Crippen molar-refractivity contribution >= 4 is 34.7 Å². The van der Waals surface area contributed by atoms with Crippen molar-refractivity contribution in [3.63, 3.8) is 0 Å². The maximum absolute atomic E-state index is 14.3. The summed E-state index contributed by atoms with van der Waals surface area (Å²) in [5.41, 5.74) is 1.62. The van der Waals surface area contributed by atoms with E-state index in [1.165, 1.54) is 4.57 Å². The van der Waals surface area contributed by atoms with E-state index in [0.717, 1.165) is 101 Å². The van der Waals surface area contributed by atoms with Gasteiger partial charge in [0.05, 0.1) is 22.8 Å². The second-order valence-electron chi connectivity index (χ2n) is 17.1. The van der Waals surface area contributed by atoms with E-state index < -0.39 is 46.6 Å². The van der Waals surface area contributed by atoms with Crippen molar-refractivity contribution in [2.24, 2.45) is 12.5 Å². The SMILES string of the molecule is Cn1c(=O)n([C@@H]2CCC(=O)NC2=O)c2ccc(CCCN3CCN(c4nccc(-c5ncc(C67CCC(CNC(=O)c8cc(F)c(O)c(F)c8F)(CC6)CC7)o5)n4)CC3)cc21. The predicted molar refractivity (Wildman–Crippen MR) is 215 cm³/mol. The van der Waals surface area contributed by atoms with Gasteiger partial charge in [-0.2, -0.15) is 4.39 Å². The average Bonchev–Trinajstić information content (AvgIpc) is 3.88. The Labute approximate surface area is 348 Å². The first-order valence-electron chi connectivity index (χ1n) is 20.8. The van der Waals surface area contributed by atoms with E-state index in [4.69, 9.17) is 9.40 Å². The summed E-state index contributed by atoms with van der Waals surface area (Å²) in [6.45, 7) is 4.34. The van der Waals surface area contributed by atoms with Crippen molar-refractivity contribution in [3.8, 4) is 17.3 Å². The molecule has 0 radical (unpaired) electrons. The number of hydrogen-bond donors (Lipinski definition) is 3. The number of rotatable bonds is 11. The lowest BCUT2D eigenvalue weighted by molar-refractivity contribution is -0.135. The normalized spacial score (nSPS) is 23.1. The summed E-state index contributed by atoms with van der Waals surface area (Å²) in [4.78, 5) is 68.7. The molecule has 0 unspecified atom stereocenters. The molecule has 15 nitrogen and oxygen atoms in total. The summed E-state index contributed by atoms with van der Waals surface area (Å²) >= 11 is 0. The smallest absolute Gasteiger partial charge is 0.329 e. The summed E-state index contributed by atoms with van der Waals surface area (Å²) < 4.78 is 51.5. The molecule has 5 heterocycles. The third-order valence-corrected chi connectivity index (χ3v) is 13.6. The zero-order valence-electron chi connectivity index (χ0n) is 33.7. The van der Waals surface area contributed by atoms with Crippen molar-refractivity contribution in [2.75, 3.05) is 44.2 Å². The number of fused-ring (bicyclic) bond motifs is 4. The molecule has 2 bridgehead atoms. The van der Waals surface area contributed by atoms with Gasteiger partial charge < -0.3 is 19.7 Å². The number of carbonyl (C=O) groups excluding carboxylic acids is 3. The van der Waals surface area contributed by atoms with Crippen LogP contribution in [-0.4, -0.2) is 91.1 Å². The summed E-state index contributed by atoms with van der Waals surface area (Å²) in [5, 5.41) is 14.3. The minimum Gasteiger partial charge on any atom is -0.503 e. The lowest BCUT2D eigenvalue weighted by atomic mass is 9.53. The second kappa shape index (κ2) is 15.8. The van der Waals surface area contributed by atoms with Gasteiger partial charge in [-0.25, -0.2) is 28.5 Å². The molecule has 61 heavy (non-hydrogen) atoms. The molecule has 0 spiro atoms. The summed E-state index contributed by atoms with van der Waals surface area (Å²) in [7, 11) is 1.70. The van der Waals surface area contributed by atoms with E-state index >= 15 is 0 Å². The topological polar surface area (TPSA) is 181 Å². The number of imidazole rings is 1. The number of piperazine rings is 1. The van der Waals surface area contributed by atoms with Crippen molar-refractivity contribution in [2.45, 2.75) is 75.7 Å². The monoisotopic (exact) mass is 841 g/mol. The number of anilines is 1. The van der Waals surface area contributed by atoms with Gasteiger partial charge in [-0.15, -0.1) is 0 Å². The van der Waals surface area contributed by atoms with Gasteiger partial charge in [0.2, 0.25) is 29.5 Å². The second-order valence-corrected chi connectivity index (χ2v) is 17.1. The number of aryl methyl sites for hydroxylation is 2. The highest BCUT2D eigenvalue weighted by atomic mass is 19.2. The number of aromatic nitrogens is 5. The molecule has 1 atom stereocenters. The van der Waals surface area contributed by atoms with E-state index in [0.29, 0.717) is 35.5 Å². The van der Waals surface area contributed by atoms with Crippen LogP contribution < -0.4 is 21.2 Å². The number of phenolic OH excluding ortho intramolecular Hbond substituents is 1. The van der Waals surface area contributed by atoms with E-state index in [1.807, 2.05) is 18.2 Å².